The molecule has 0 aromatic rings. The number of aliphatic hydroxyl groups is 5. The average molecular weight is 995 g/mol. The van der Waals surface area contributed by atoms with Crippen LogP contribution in [0.4, 0.5) is 0 Å². The molecule has 4 rings (SSSR count). The van der Waals surface area contributed by atoms with E-state index in [9.17, 15) is 44.7 Å². The normalized spacial score (nSPS) is 30.6. The molecule has 4 aliphatic heterocycles. The van der Waals surface area contributed by atoms with Gasteiger partial charge in [0, 0.05) is 49.0 Å². The molecule has 16 nitrogen and oxygen atoms in total. The molecule has 0 radical (unpaired) electrons. The van der Waals surface area contributed by atoms with Gasteiger partial charge in [0.15, 0.2) is 5.78 Å². The van der Waals surface area contributed by atoms with Crippen LogP contribution in [0.5, 0.6) is 0 Å². The SMILES string of the molecule is C/C(=C\C(=O)CCCCCCCCCC(=O)O[C@@H](C)[C@H](C)[C@@H]1O[C@H]1CC1CO[C@@H](C/C(C)=C/C(=O)OCCCCCCCCC(=O)O)[C@H](O)[C@@H]1O)C[C@@H]1OC[C@H](C[C@@H]2O[C@H]2[C@@H](C)C(C)(C)O)[C@@H](O)[C@H]1O. The van der Waals surface area contributed by atoms with Crippen LogP contribution in [-0.4, -0.2) is 147 Å². The van der Waals surface area contributed by atoms with Crippen molar-refractivity contribution in [2.24, 2.45) is 23.7 Å². The standard InChI is InChI=1S/C54H90O16/c1-33(26-41-50(62)49(61)39(32-66-41)30-44-53(70-44)36(4)54(6,7)64)25-40(55)21-17-13-9-8-10-15-19-23-46(58)68-37(5)35(3)52-43(69-52)29-38-31-67-42(51(63)48(38)60)27-34(2)28-47(59)65-24-20-16-12-11-14-18-22-45(56)57/h25,28,35-39,41-44,48-53,60-64H,8-24,26-27,29-32H2,1-7H3,(H,56,57)/b33-25+,34-28+/t35-,36+,37-,38?,39-,41-,42-,43-,44-,48+,49+,50-,51-,52-,53-/m0/s1. The summed E-state index contributed by atoms with van der Waals surface area (Å²) in [6.07, 6.45) is 11.0. The lowest BCUT2D eigenvalue weighted by atomic mass is 9.83. The van der Waals surface area contributed by atoms with Gasteiger partial charge in [0.25, 0.3) is 0 Å². The van der Waals surface area contributed by atoms with Crippen molar-refractivity contribution >= 4 is 23.7 Å². The van der Waals surface area contributed by atoms with Gasteiger partial charge in [-0.05, 0) is 92.1 Å². The Bertz CT molecular complexity index is 1670. The van der Waals surface area contributed by atoms with Gasteiger partial charge >= 0.3 is 17.9 Å². The predicted octanol–water partition coefficient (Wildman–Crippen LogP) is 6.86. The Morgan fingerprint density at radius 2 is 1.07 bits per heavy atom. The van der Waals surface area contributed by atoms with Crippen LogP contribution in [-0.2, 0) is 47.6 Å². The zero-order valence-corrected chi connectivity index (χ0v) is 43.3. The molecule has 0 aliphatic carbocycles. The molecule has 0 amide bonds. The van der Waals surface area contributed by atoms with E-state index in [4.69, 9.17) is 33.5 Å². The number of aliphatic carboxylic acids is 1. The van der Waals surface area contributed by atoms with Crippen molar-refractivity contribution in [3.63, 3.8) is 0 Å². The van der Waals surface area contributed by atoms with Gasteiger partial charge in [0.2, 0.25) is 0 Å². The number of carbonyl (C=O) groups excluding carboxylic acids is 3. The number of allylic oxidation sites excluding steroid dienone is 1. The first-order chi connectivity index (χ1) is 33.2. The molecule has 16 heteroatoms. The van der Waals surface area contributed by atoms with E-state index < -0.39 is 54.2 Å². The summed E-state index contributed by atoms with van der Waals surface area (Å²) in [5.41, 5.74) is 0.624. The molecule has 70 heavy (non-hydrogen) atoms. The summed E-state index contributed by atoms with van der Waals surface area (Å²) in [5, 5.41) is 62.5. The van der Waals surface area contributed by atoms with Gasteiger partial charge in [-0.15, -0.1) is 0 Å². The Labute approximate surface area is 417 Å². The van der Waals surface area contributed by atoms with Crippen LogP contribution in [0.15, 0.2) is 23.3 Å². The van der Waals surface area contributed by atoms with Crippen LogP contribution in [0, 0.1) is 23.7 Å². The van der Waals surface area contributed by atoms with Crippen molar-refractivity contribution in [3.05, 3.63) is 23.3 Å². The number of ketones is 1. The first kappa shape index (κ1) is 59.8. The van der Waals surface area contributed by atoms with Crippen LogP contribution < -0.4 is 0 Å². The summed E-state index contributed by atoms with van der Waals surface area (Å²) in [5.74, 6) is -2.13. The molecule has 0 aromatic heterocycles. The highest BCUT2D eigenvalue weighted by Gasteiger charge is 2.51. The van der Waals surface area contributed by atoms with Crippen LogP contribution in [0.2, 0.25) is 0 Å². The summed E-state index contributed by atoms with van der Waals surface area (Å²) in [7, 11) is 0. The average Bonchev–Trinajstić information content (AvgIpc) is 4.23. The number of esters is 2. The van der Waals surface area contributed by atoms with Crippen LogP contribution >= 0.6 is 0 Å². The number of rotatable bonds is 34. The highest BCUT2D eigenvalue weighted by molar-refractivity contribution is 5.90. The van der Waals surface area contributed by atoms with Crippen molar-refractivity contribution in [3.8, 4) is 0 Å². The Morgan fingerprint density at radius 1 is 0.614 bits per heavy atom. The number of aliphatic hydroxyl groups excluding tert-OH is 4. The van der Waals surface area contributed by atoms with E-state index in [0.29, 0.717) is 57.3 Å². The van der Waals surface area contributed by atoms with Gasteiger partial charge in [-0.3, -0.25) is 14.4 Å². The third kappa shape index (κ3) is 21.0. The third-order valence-electron chi connectivity index (χ3n) is 15.1. The van der Waals surface area contributed by atoms with E-state index in [1.165, 1.54) is 6.08 Å². The zero-order chi connectivity index (χ0) is 51.5. The molecule has 0 aromatic carbocycles. The molecule has 1 unspecified atom stereocenters. The second-order valence-electron chi connectivity index (χ2n) is 21.7. The van der Waals surface area contributed by atoms with Gasteiger partial charge in [-0.2, -0.15) is 0 Å². The molecule has 402 valence electrons. The van der Waals surface area contributed by atoms with Crippen molar-refractivity contribution in [1.29, 1.82) is 0 Å². The van der Waals surface area contributed by atoms with Gasteiger partial charge in [0.1, 0.15) is 18.3 Å². The number of hydrogen-bond acceptors (Lipinski definition) is 15. The van der Waals surface area contributed by atoms with Gasteiger partial charge in [-0.1, -0.05) is 82.8 Å². The molecule has 0 bridgehead atoms. The lowest BCUT2D eigenvalue weighted by molar-refractivity contribution is -0.165. The van der Waals surface area contributed by atoms with Gasteiger partial charge < -0.3 is 59.1 Å². The Hall–Kier alpha value is -2.80. The van der Waals surface area contributed by atoms with E-state index in [1.807, 2.05) is 27.7 Å². The van der Waals surface area contributed by atoms with Crippen molar-refractivity contribution < 1.29 is 78.2 Å². The minimum atomic E-state index is -1.13. The van der Waals surface area contributed by atoms with Crippen molar-refractivity contribution in [1.82, 2.24) is 0 Å². The van der Waals surface area contributed by atoms with Crippen LogP contribution in [0.25, 0.3) is 0 Å². The Kier molecular flexibility index (Phi) is 25.4. The fourth-order valence-electron chi connectivity index (χ4n) is 9.95. The fraction of sp³-hybridized carbons (Fsp3) is 0.852. The third-order valence-corrected chi connectivity index (χ3v) is 15.1. The monoisotopic (exact) mass is 995 g/mol. The fourth-order valence-corrected chi connectivity index (χ4v) is 9.95. The van der Waals surface area contributed by atoms with E-state index >= 15 is 0 Å². The number of carboxylic acid groups (broad SMARTS) is 1. The topological polar surface area (TPSA) is 252 Å². The van der Waals surface area contributed by atoms with Crippen molar-refractivity contribution in [2.45, 2.75) is 250 Å². The second-order valence-corrected chi connectivity index (χ2v) is 21.7. The minimum absolute atomic E-state index is 0.0407. The summed E-state index contributed by atoms with van der Waals surface area (Å²) in [6, 6.07) is 0. The lowest BCUT2D eigenvalue weighted by Gasteiger charge is -2.38. The maximum atomic E-state index is 12.7. The molecule has 0 spiro atoms. The van der Waals surface area contributed by atoms with Gasteiger partial charge in [-0.25, -0.2) is 4.79 Å². The zero-order valence-electron chi connectivity index (χ0n) is 43.3. The number of ether oxygens (including phenoxy) is 6. The smallest absolute Gasteiger partial charge is 0.330 e. The maximum Gasteiger partial charge on any atom is 0.330 e. The van der Waals surface area contributed by atoms with Crippen LogP contribution in [0.1, 0.15) is 177 Å². The Morgan fingerprint density at radius 3 is 1.60 bits per heavy atom. The minimum Gasteiger partial charge on any atom is -0.481 e. The molecule has 15 atom stereocenters. The predicted molar refractivity (Wildman–Crippen MR) is 261 cm³/mol. The number of carbonyl (C=O) groups is 4. The van der Waals surface area contributed by atoms with Crippen LogP contribution in [0.3, 0.4) is 0 Å². The summed E-state index contributed by atoms with van der Waals surface area (Å²) in [6.45, 7) is 13.8. The molecule has 4 saturated heterocycles. The maximum absolute atomic E-state index is 12.7. The molecule has 4 heterocycles. The number of unbranched alkanes of at least 4 members (excludes halogenated alkanes) is 11. The first-order valence-corrected chi connectivity index (χ1v) is 26.6. The number of hydrogen-bond donors (Lipinski definition) is 6. The molecule has 4 aliphatic rings. The summed E-state index contributed by atoms with van der Waals surface area (Å²) < 4.78 is 34.7. The summed E-state index contributed by atoms with van der Waals surface area (Å²) >= 11 is 0. The molecular formula is C54H90O16. The highest BCUT2D eigenvalue weighted by Crippen LogP contribution is 2.41. The van der Waals surface area contributed by atoms with E-state index in [-0.39, 0.29) is 85.4 Å². The largest absolute Gasteiger partial charge is 0.481 e. The van der Waals surface area contributed by atoms with E-state index in [0.717, 1.165) is 82.6 Å². The second kappa shape index (κ2) is 29.8. The first-order valence-electron chi connectivity index (χ1n) is 26.6. The number of epoxide rings is 2. The molecule has 6 N–H and O–H groups in total. The molecular weight excluding hydrogens is 905 g/mol. The molecule has 0 saturated carbocycles. The quantitative estimate of drug-likeness (QED) is 0.0167. The Balaban J connectivity index is 0.983. The summed E-state index contributed by atoms with van der Waals surface area (Å²) in [4.78, 5) is 48.2. The molecule has 4 fully saturated rings. The van der Waals surface area contributed by atoms with Gasteiger partial charge in [0.05, 0.1) is 74.3 Å². The van der Waals surface area contributed by atoms with E-state index in [1.54, 1.807) is 26.8 Å². The number of carboxylic acids is 1. The highest BCUT2D eigenvalue weighted by atomic mass is 16.6. The van der Waals surface area contributed by atoms with E-state index in [2.05, 4.69) is 0 Å². The van der Waals surface area contributed by atoms with Crippen molar-refractivity contribution in [2.75, 3.05) is 19.8 Å². The lowest BCUT2D eigenvalue weighted by Crippen LogP contribution is -2.50.